The summed E-state index contributed by atoms with van der Waals surface area (Å²) in [4.78, 5) is 19.5. The number of nitrogens with two attached hydrogens (primary N) is 1. The Morgan fingerprint density at radius 1 is 1.08 bits per heavy atom. The van der Waals surface area contributed by atoms with Crippen LogP contribution >= 0.6 is 0 Å². The number of carbonyl (C=O) groups is 1. The van der Waals surface area contributed by atoms with Crippen LogP contribution in [0.3, 0.4) is 0 Å². The third-order valence-corrected chi connectivity index (χ3v) is 7.04. The van der Waals surface area contributed by atoms with Crippen LogP contribution in [0.4, 0.5) is 0 Å². The lowest BCUT2D eigenvalue weighted by Gasteiger charge is -2.36. The van der Waals surface area contributed by atoms with Crippen LogP contribution in [0, 0.1) is 11.8 Å². The Morgan fingerprint density at radius 2 is 1.81 bits per heavy atom. The van der Waals surface area contributed by atoms with E-state index in [1.54, 1.807) is 0 Å². The van der Waals surface area contributed by atoms with Crippen LogP contribution < -0.4 is 5.73 Å². The molecule has 0 spiro atoms. The van der Waals surface area contributed by atoms with Gasteiger partial charge in [-0.2, -0.15) is 0 Å². The van der Waals surface area contributed by atoms with Gasteiger partial charge in [-0.3, -0.25) is 4.79 Å². The molecule has 0 unspecified atom stereocenters. The predicted octanol–water partition coefficient (Wildman–Crippen LogP) is 3.30. The number of likely N-dealkylation sites (tertiary alicyclic amines) is 1. The smallest absolute Gasteiger partial charge is 0.239 e. The number of carbonyl (C=O) groups excluding carboxylic acids is 1. The summed E-state index contributed by atoms with van der Waals surface area (Å²) >= 11 is 0. The van der Waals surface area contributed by atoms with Crippen molar-refractivity contribution in [2.24, 2.45) is 17.6 Å². The van der Waals surface area contributed by atoms with Crippen LogP contribution in [0.1, 0.15) is 76.0 Å². The zero-order valence-corrected chi connectivity index (χ0v) is 16.0. The molecule has 1 aliphatic heterocycles. The first-order valence-corrected chi connectivity index (χ1v) is 10.8. The lowest BCUT2D eigenvalue weighted by molar-refractivity contribution is -0.135. The SMILES string of the molecule is N[C@H](C(=O)N1CCC(c2nccn2CC2CCC2)CC1)C1CCCCC1. The maximum absolute atomic E-state index is 12.8. The van der Waals surface area contributed by atoms with Gasteiger partial charge in [-0.15, -0.1) is 0 Å². The van der Waals surface area contributed by atoms with Crippen LogP contribution in [0.5, 0.6) is 0 Å². The molecule has 0 aromatic carbocycles. The summed E-state index contributed by atoms with van der Waals surface area (Å²) in [6, 6.07) is -0.285. The van der Waals surface area contributed by atoms with E-state index in [4.69, 9.17) is 5.73 Å². The number of nitrogens with zero attached hydrogens (tertiary/aromatic N) is 3. The maximum atomic E-state index is 12.8. The monoisotopic (exact) mass is 358 g/mol. The van der Waals surface area contributed by atoms with Gasteiger partial charge >= 0.3 is 0 Å². The van der Waals surface area contributed by atoms with E-state index in [1.165, 1.54) is 44.3 Å². The molecule has 4 rings (SSSR count). The average Bonchev–Trinajstić information content (AvgIpc) is 3.13. The van der Waals surface area contributed by atoms with Crippen LogP contribution in [-0.2, 0) is 11.3 Å². The van der Waals surface area contributed by atoms with Crippen LogP contribution in [0.15, 0.2) is 12.4 Å². The lowest BCUT2D eigenvalue weighted by atomic mass is 9.83. The van der Waals surface area contributed by atoms with Crippen molar-refractivity contribution in [3.8, 4) is 0 Å². The van der Waals surface area contributed by atoms with Crippen LogP contribution in [-0.4, -0.2) is 39.5 Å². The molecule has 2 heterocycles. The first kappa shape index (κ1) is 18.0. The van der Waals surface area contributed by atoms with Gasteiger partial charge in [0, 0.05) is 37.9 Å². The molecular formula is C21H34N4O. The minimum Gasteiger partial charge on any atom is -0.341 e. The van der Waals surface area contributed by atoms with Gasteiger partial charge in [0.15, 0.2) is 0 Å². The summed E-state index contributed by atoms with van der Waals surface area (Å²) in [6.07, 6.45) is 16.3. The molecule has 5 nitrogen and oxygen atoms in total. The van der Waals surface area contributed by atoms with Gasteiger partial charge in [-0.05, 0) is 50.4 Å². The summed E-state index contributed by atoms with van der Waals surface area (Å²) in [7, 11) is 0. The second-order valence-electron chi connectivity index (χ2n) is 8.76. The van der Waals surface area contributed by atoms with Crippen molar-refractivity contribution in [3.05, 3.63) is 18.2 Å². The Labute approximate surface area is 157 Å². The molecule has 144 valence electrons. The molecule has 3 aliphatic rings. The molecule has 1 aromatic rings. The van der Waals surface area contributed by atoms with Crippen LogP contribution in [0.2, 0.25) is 0 Å². The van der Waals surface area contributed by atoms with E-state index in [0.29, 0.717) is 11.8 Å². The minimum absolute atomic E-state index is 0.188. The van der Waals surface area contributed by atoms with Crippen molar-refractivity contribution >= 4 is 5.91 Å². The van der Waals surface area contributed by atoms with E-state index in [2.05, 4.69) is 15.7 Å². The molecule has 2 N–H and O–H groups in total. The number of aromatic nitrogens is 2. The molecule has 26 heavy (non-hydrogen) atoms. The highest BCUT2D eigenvalue weighted by Crippen LogP contribution is 2.32. The van der Waals surface area contributed by atoms with E-state index in [-0.39, 0.29) is 11.9 Å². The number of amides is 1. The number of hydrogen-bond donors (Lipinski definition) is 1. The minimum atomic E-state index is -0.285. The molecule has 1 amide bonds. The summed E-state index contributed by atoms with van der Waals surface area (Å²) in [5, 5.41) is 0. The molecule has 3 fully saturated rings. The Balaban J connectivity index is 1.31. The average molecular weight is 359 g/mol. The van der Waals surface area contributed by atoms with Gasteiger partial charge in [0.1, 0.15) is 5.82 Å². The van der Waals surface area contributed by atoms with Crippen molar-refractivity contribution in [2.75, 3.05) is 13.1 Å². The summed E-state index contributed by atoms with van der Waals surface area (Å²) in [6.45, 7) is 2.79. The molecule has 1 saturated heterocycles. The molecule has 1 aromatic heterocycles. The van der Waals surface area contributed by atoms with E-state index < -0.39 is 0 Å². The molecule has 5 heteroatoms. The van der Waals surface area contributed by atoms with E-state index in [0.717, 1.165) is 51.2 Å². The van der Waals surface area contributed by atoms with Gasteiger partial charge in [-0.1, -0.05) is 25.7 Å². The quantitative estimate of drug-likeness (QED) is 0.878. The highest BCUT2D eigenvalue weighted by atomic mass is 16.2. The van der Waals surface area contributed by atoms with Crippen molar-refractivity contribution in [2.45, 2.75) is 82.7 Å². The zero-order chi connectivity index (χ0) is 17.9. The summed E-state index contributed by atoms with van der Waals surface area (Å²) < 4.78 is 2.37. The van der Waals surface area contributed by atoms with Gasteiger partial charge < -0.3 is 15.2 Å². The largest absolute Gasteiger partial charge is 0.341 e. The molecule has 0 bridgehead atoms. The number of rotatable bonds is 5. The molecule has 0 radical (unpaired) electrons. The molecule has 2 aliphatic carbocycles. The molecular weight excluding hydrogens is 324 g/mol. The third kappa shape index (κ3) is 3.83. The maximum Gasteiger partial charge on any atom is 0.239 e. The van der Waals surface area contributed by atoms with Gasteiger partial charge in [0.05, 0.1) is 6.04 Å². The Bertz CT molecular complexity index is 595. The fourth-order valence-corrected chi connectivity index (χ4v) is 5.05. The Kier molecular flexibility index (Phi) is 5.63. The van der Waals surface area contributed by atoms with Crippen molar-refractivity contribution in [1.29, 1.82) is 0 Å². The zero-order valence-electron chi connectivity index (χ0n) is 16.0. The number of piperidine rings is 1. The Morgan fingerprint density at radius 3 is 2.46 bits per heavy atom. The van der Waals surface area contributed by atoms with Gasteiger partial charge in [0.25, 0.3) is 0 Å². The van der Waals surface area contributed by atoms with Crippen molar-refractivity contribution in [1.82, 2.24) is 14.5 Å². The Hall–Kier alpha value is -1.36. The van der Waals surface area contributed by atoms with E-state index in [1.807, 2.05) is 11.1 Å². The van der Waals surface area contributed by atoms with Crippen molar-refractivity contribution < 1.29 is 4.79 Å². The second-order valence-corrected chi connectivity index (χ2v) is 8.76. The molecule has 2 saturated carbocycles. The fourth-order valence-electron chi connectivity index (χ4n) is 5.05. The van der Waals surface area contributed by atoms with E-state index in [9.17, 15) is 4.79 Å². The predicted molar refractivity (Wildman–Crippen MR) is 103 cm³/mol. The third-order valence-electron chi connectivity index (χ3n) is 7.04. The highest BCUT2D eigenvalue weighted by Gasteiger charge is 2.33. The number of imidazole rings is 1. The van der Waals surface area contributed by atoms with Crippen LogP contribution in [0.25, 0.3) is 0 Å². The molecule has 1 atom stereocenters. The lowest BCUT2D eigenvalue weighted by Crippen LogP contribution is -2.50. The first-order valence-electron chi connectivity index (χ1n) is 10.8. The van der Waals surface area contributed by atoms with Gasteiger partial charge in [-0.25, -0.2) is 4.98 Å². The van der Waals surface area contributed by atoms with E-state index >= 15 is 0 Å². The summed E-state index contributed by atoms with van der Waals surface area (Å²) in [5.41, 5.74) is 6.35. The standard InChI is InChI=1S/C21H34N4O/c22-19(17-7-2-1-3-8-17)21(26)24-12-9-18(10-13-24)20-23-11-14-25(20)15-16-5-4-6-16/h11,14,16-19H,1-10,12-13,15,22H2/t19-/m0/s1. The van der Waals surface area contributed by atoms with Crippen molar-refractivity contribution in [3.63, 3.8) is 0 Å². The number of hydrogen-bond acceptors (Lipinski definition) is 3. The second kappa shape index (κ2) is 8.12. The van der Waals surface area contributed by atoms with Gasteiger partial charge in [0.2, 0.25) is 5.91 Å². The first-order chi connectivity index (χ1) is 12.7. The normalized spacial score (nSPS) is 24.4. The highest BCUT2D eigenvalue weighted by molar-refractivity contribution is 5.82. The topological polar surface area (TPSA) is 64.2 Å². The summed E-state index contributed by atoms with van der Waals surface area (Å²) in [5.74, 6) is 3.15. The fraction of sp³-hybridized carbons (Fsp3) is 0.810.